The number of carboxylic acids is 1. The Morgan fingerprint density at radius 2 is 1.25 bits per heavy atom. The van der Waals surface area contributed by atoms with E-state index in [0.717, 1.165) is 16.7 Å². The molecule has 3 aromatic carbocycles. The van der Waals surface area contributed by atoms with Crippen LogP contribution in [0.3, 0.4) is 0 Å². The molecule has 0 spiro atoms. The van der Waals surface area contributed by atoms with Crippen LogP contribution in [0.2, 0.25) is 0 Å². The predicted molar refractivity (Wildman–Crippen MR) is 128 cm³/mol. The molecule has 0 bridgehead atoms. The Labute approximate surface area is 195 Å². The van der Waals surface area contributed by atoms with Gasteiger partial charge < -0.3 is 16.0 Å². The zero-order valence-corrected chi connectivity index (χ0v) is 18.4. The molecule has 0 radical (unpaired) electrons. The number of carbonyl (C=O) groups is 1. The molecule has 0 fully saturated rings. The summed E-state index contributed by atoms with van der Waals surface area (Å²) < 4.78 is 0. The van der Waals surface area contributed by atoms with Crippen LogP contribution in [0.5, 0.6) is 0 Å². The molecule has 0 atom stereocenters. The summed E-state index contributed by atoms with van der Waals surface area (Å²) in [4.78, 5) is 16.2. The zero-order valence-electron chi connectivity index (χ0n) is 16.8. The van der Waals surface area contributed by atoms with Gasteiger partial charge in [0.05, 0.1) is 5.41 Å². The van der Waals surface area contributed by atoms with Crippen molar-refractivity contribution in [1.29, 1.82) is 0 Å². The summed E-state index contributed by atoms with van der Waals surface area (Å²) in [7, 11) is 0. The molecule has 1 heterocycles. The molecule has 0 saturated carbocycles. The lowest BCUT2D eigenvalue weighted by molar-refractivity contribution is -0.129. The lowest BCUT2D eigenvalue weighted by Gasteiger charge is -2.34. The number of anilines is 1. The standard InChI is InChI=1S/C24H19N3O3S.ClH/c25-21-19(20(27-30)22(28)29)26-23(31-21)24(16-10-4-1-5-11-16,17-12-6-2-7-13-17)18-14-8-3-9-15-18;/h1-15,30H,25H2,(H,28,29);1H. The molecule has 0 aliphatic rings. The van der Waals surface area contributed by atoms with Crippen LogP contribution in [-0.4, -0.2) is 27.0 Å². The fourth-order valence-corrected chi connectivity index (χ4v) is 4.88. The van der Waals surface area contributed by atoms with E-state index in [-0.39, 0.29) is 23.1 Å². The molecular formula is C24H20ClN3O3S. The fourth-order valence-electron chi connectivity index (χ4n) is 3.79. The number of oxime groups is 1. The number of halogens is 1. The summed E-state index contributed by atoms with van der Waals surface area (Å²) in [6, 6.07) is 29.6. The number of rotatable bonds is 6. The van der Waals surface area contributed by atoms with Crippen LogP contribution in [0.4, 0.5) is 5.00 Å². The average Bonchev–Trinajstić information content (AvgIpc) is 3.18. The van der Waals surface area contributed by atoms with Gasteiger partial charge in [0.25, 0.3) is 0 Å². The average molecular weight is 466 g/mol. The van der Waals surface area contributed by atoms with Gasteiger partial charge in [-0.25, -0.2) is 9.78 Å². The second-order valence-corrected chi connectivity index (χ2v) is 7.86. The second-order valence-electron chi connectivity index (χ2n) is 6.83. The monoisotopic (exact) mass is 465 g/mol. The first-order chi connectivity index (χ1) is 15.1. The molecular weight excluding hydrogens is 446 g/mol. The third-order valence-electron chi connectivity index (χ3n) is 5.12. The number of carboxylic acid groups (broad SMARTS) is 1. The minimum Gasteiger partial charge on any atom is -0.476 e. The molecule has 32 heavy (non-hydrogen) atoms. The highest BCUT2D eigenvalue weighted by molar-refractivity contribution is 7.16. The van der Waals surface area contributed by atoms with Crippen LogP contribution in [0, 0.1) is 0 Å². The number of thiazole rings is 1. The first-order valence-electron chi connectivity index (χ1n) is 9.48. The van der Waals surface area contributed by atoms with Crippen LogP contribution in [0.15, 0.2) is 96.2 Å². The van der Waals surface area contributed by atoms with E-state index in [1.807, 2.05) is 91.0 Å². The SMILES string of the molecule is Cl.Nc1sc(C(c2ccccc2)(c2ccccc2)c2ccccc2)nc1C(=NO)C(=O)O. The van der Waals surface area contributed by atoms with Crippen molar-refractivity contribution in [1.82, 2.24) is 4.98 Å². The van der Waals surface area contributed by atoms with Crippen molar-refractivity contribution in [3.63, 3.8) is 0 Å². The van der Waals surface area contributed by atoms with Crippen molar-refractivity contribution in [2.75, 3.05) is 5.73 Å². The van der Waals surface area contributed by atoms with Gasteiger partial charge in [-0.05, 0) is 16.7 Å². The molecule has 6 nitrogen and oxygen atoms in total. The molecule has 0 aliphatic heterocycles. The minimum atomic E-state index is -1.41. The maximum Gasteiger partial charge on any atom is 0.360 e. The molecule has 8 heteroatoms. The van der Waals surface area contributed by atoms with Crippen LogP contribution >= 0.6 is 23.7 Å². The first-order valence-corrected chi connectivity index (χ1v) is 10.3. The zero-order chi connectivity index (χ0) is 21.8. The van der Waals surface area contributed by atoms with Gasteiger partial charge >= 0.3 is 5.97 Å². The minimum absolute atomic E-state index is 0. The molecule has 4 rings (SSSR count). The number of aliphatic carboxylic acids is 1. The van der Waals surface area contributed by atoms with Crippen molar-refractivity contribution < 1.29 is 15.1 Å². The van der Waals surface area contributed by atoms with Gasteiger partial charge in [-0.2, -0.15) is 0 Å². The van der Waals surface area contributed by atoms with Crippen LogP contribution < -0.4 is 5.73 Å². The molecule has 0 saturated heterocycles. The Bertz CT molecular complexity index is 1130. The number of nitrogens with two attached hydrogens (primary N) is 1. The third-order valence-corrected chi connectivity index (χ3v) is 6.13. The molecule has 0 aliphatic carbocycles. The van der Waals surface area contributed by atoms with Gasteiger partial charge in [-0.15, -0.1) is 12.4 Å². The van der Waals surface area contributed by atoms with Crippen molar-refractivity contribution in [3.8, 4) is 0 Å². The van der Waals surface area contributed by atoms with Crippen LogP contribution in [0.25, 0.3) is 0 Å². The van der Waals surface area contributed by atoms with Gasteiger partial charge in [0.15, 0.2) is 0 Å². The summed E-state index contributed by atoms with van der Waals surface area (Å²) in [5.41, 5.74) is 7.54. The summed E-state index contributed by atoms with van der Waals surface area (Å²) in [5.74, 6) is -1.41. The topological polar surface area (TPSA) is 109 Å². The lowest BCUT2D eigenvalue weighted by Crippen LogP contribution is -2.31. The summed E-state index contributed by atoms with van der Waals surface area (Å²) in [6.45, 7) is 0. The first kappa shape index (κ1) is 23.0. The van der Waals surface area contributed by atoms with E-state index in [0.29, 0.717) is 5.01 Å². The fraction of sp³-hybridized carbons (Fsp3) is 0.0417. The highest BCUT2D eigenvalue weighted by atomic mass is 35.5. The summed E-state index contributed by atoms with van der Waals surface area (Å²) in [5, 5.41) is 22.3. The van der Waals surface area contributed by atoms with Crippen molar-refractivity contribution in [3.05, 3.63) is 118 Å². The molecule has 0 amide bonds. The van der Waals surface area contributed by atoms with Crippen molar-refractivity contribution in [2.24, 2.45) is 5.16 Å². The normalized spacial score (nSPS) is 11.6. The quantitative estimate of drug-likeness (QED) is 0.164. The van der Waals surface area contributed by atoms with E-state index in [9.17, 15) is 15.1 Å². The van der Waals surface area contributed by atoms with Gasteiger partial charge in [-0.3, -0.25) is 0 Å². The van der Waals surface area contributed by atoms with Crippen molar-refractivity contribution >= 4 is 40.4 Å². The molecule has 1 aromatic heterocycles. The number of hydrogen-bond acceptors (Lipinski definition) is 6. The molecule has 162 valence electrons. The van der Waals surface area contributed by atoms with E-state index < -0.39 is 17.1 Å². The van der Waals surface area contributed by atoms with E-state index >= 15 is 0 Å². The largest absolute Gasteiger partial charge is 0.476 e. The molecule has 4 N–H and O–H groups in total. The van der Waals surface area contributed by atoms with E-state index in [4.69, 9.17) is 5.73 Å². The molecule has 4 aromatic rings. The van der Waals surface area contributed by atoms with Crippen LogP contribution in [0.1, 0.15) is 27.4 Å². The Morgan fingerprint density at radius 3 is 1.59 bits per heavy atom. The number of aromatic nitrogens is 1. The summed E-state index contributed by atoms with van der Waals surface area (Å²) >= 11 is 1.18. The number of nitrogens with zero attached hydrogens (tertiary/aromatic N) is 2. The maximum absolute atomic E-state index is 11.6. The highest BCUT2D eigenvalue weighted by Gasteiger charge is 2.42. The van der Waals surface area contributed by atoms with Crippen LogP contribution in [-0.2, 0) is 10.2 Å². The Hall–Kier alpha value is -3.68. The Balaban J connectivity index is 0.00000289. The number of hydrogen-bond donors (Lipinski definition) is 3. The molecule has 0 unspecified atom stereocenters. The van der Waals surface area contributed by atoms with Gasteiger partial charge in [0.2, 0.25) is 5.71 Å². The van der Waals surface area contributed by atoms with E-state index in [1.54, 1.807) is 0 Å². The Morgan fingerprint density at radius 1 is 0.844 bits per heavy atom. The predicted octanol–water partition coefficient (Wildman–Crippen LogP) is 4.79. The number of benzene rings is 3. The lowest BCUT2D eigenvalue weighted by atomic mass is 9.70. The van der Waals surface area contributed by atoms with Gasteiger partial charge in [0.1, 0.15) is 15.7 Å². The van der Waals surface area contributed by atoms with Crippen molar-refractivity contribution in [2.45, 2.75) is 5.41 Å². The van der Waals surface area contributed by atoms with Gasteiger partial charge in [0, 0.05) is 0 Å². The Kier molecular flexibility index (Phi) is 6.92. The maximum atomic E-state index is 11.6. The van der Waals surface area contributed by atoms with E-state index in [1.165, 1.54) is 11.3 Å². The summed E-state index contributed by atoms with van der Waals surface area (Å²) in [6.07, 6.45) is 0. The number of nitrogen functional groups attached to an aromatic ring is 1. The second kappa shape index (κ2) is 9.64. The van der Waals surface area contributed by atoms with E-state index in [2.05, 4.69) is 10.1 Å². The smallest absolute Gasteiger partial charge is 0.360 e. The van der Waals surface area contributed by atoms with Gasteiger partial charge in [-0.1, -0.05) is 107 Å². The highest BCUT2D eigenvalue weighted by Crippen LogP contribution is 2.47. The third kappa shape index (κ3) is 3.84.